The quantitative estimate of drug-likeness (QED) is 0.831. The number of hydrogen-bond donors (Lipinski definition) is 1. The van der Waals surface area contributed by atoms with Crippen LogP contribution in [0.25, 0.3) is 5.69 Å². The van der Waals surface area contributed by atoms with Gasteiger partial charge in [0.05, 0.1) is 12.0 Å². The van der Waals surface area contributed by atoms with Crippen LogP contribution in [0.2, 0.25) is 0 Å². The minimum atomic E-state index is 0.101. The zero-order chi connectivity index (χ0) is 12.8. The molecule has 3 rings (SSSR count). The van der Waals surface area contributed by atoms with E-state index in [4.69, 9.17) is 0 Å². The molecule has 1 aliphatic heterocycles. The molecular formula is C15H19N3. The van der Waals surface area contributed by atoms with E-state index in [-0.39, 0.29) is 5.41 Å². The third-order valence-corrected chi connectivity index (χ3v) is 3.45. The van der Waals surface area contributed by atoms with Crippen molar-refractivity contribution in [3.05, 3.63) is 42.0 Å². The van der Waals surface area contributed by atoms with Gasteiger partial charge in [-0.1, -0.05) is 20.8 Å². The maximum absolute atomic E-state index is 4.50. The smallest absolute Gasteiger partial charge is 0.0995 e. The van der Waals surface area contributed by atoms with Gasteiger partial charge in [-0.3, -0.25) is 0 Å². The first-order valence-corrected chi connectivity index (χ1v) is 6.46. The summed E-state index contributed by atoms with van der Waals surface area (Å²) in [4.78, 5) is 4.50. The van der Waals surface area contributed by atoms with Crippen LogP contribution >= 0.6 is 0 Å². The summed E-state index contributed by atoms with van der Waals surface area (Å²) < 4.78 is 2.11. The van der Waals surface area contributed by atoms with Gasteiger partial charge in [-0.25, -0.2) is 4.98 Å². The van der Waals surface area contributed by atoms with Crippen LogP contribution in [-0.2, 0) is 11.8 Å². The van der Waals surface area contributed by atoms with Gasteiger partial charge in [-0.05, 0) is 30.2 Å². The number of nitrogens with one attached hydrogen (secondary N) is 1. The highest BCUT2D eigenvalue weighted by molar-refractivity contribution is 5.59. The predicted molar refractivity (Wildman–Crippen MR) is 74.5 cm³/mol. The monoisotopic (exact) mass is 241 g/mol. The molecule has 0 atom stereocenters. The van der Waals surface area contributed by atoms with E-state index in [9.17, 15) is 0 Å². The zero-order valence-electron chi connectivity index (χ0n) is 11.2. The molecule has 1 aromatic heterocycles. The third kappa shape index (κ3) is 1.90. The Morgan fingerprint density at radius 2 is 2.11 bits per heavy atom. The van der Waals surface area contributed by atoms with Crippen LogP contribution in [-0.4, -0.2) is 16.1 Å². The maximum Gasteiger partial charge on any atom is 0.0995 e. The van der Waals surface area contributed by atoms with Crippen molar-refractivity contribution < 1.29 is 0 Å². The first kappa shape index (κ1) is 11.3. The average Bonchev–Trinajstić information content (AvgIpc) is 2.96. The fourth-order valence-corrected chi connectivity index (χ4v) is 2.30. The van der Waals surface area contributed by atoms with E-state index in [2.05, 4.69) is 60.0 Å². The first-order valence-electron chi connectivity index (χ1n) is 6.46. The molecule has 3 heteroatoms. The SMILES string of the molecule is CC(C)(C)c1cn(-c2ccc3c(c2)CCN3)cn1. The van der Waals surface area contributed by atoms with Gasteiger partial charge in [0.1, 0.15) is 0 Å². The largest absolute Gasteiger partial charge is 0.384 e. The number of anilines is 1. The molecular weight excluding hydrogens is 222 g/mol. The molecule has 0 radical (unpaired) electrons. The minimum absolute atomic E-state index is 0.101. The van der Waals surface area contributed by atoms with Gasteiger partial charge < -0.3 is 9.88 Å². The Morgan fingerprint density at radius 1 is 1.28 bits per heavy atom. The summed E-state index contributed by atoms with van der Waals surface area (Å²) in [6, 6.07) is 6.56. The Hall–Kier alpha value is -1.77. The maximum atomic E-state index is 4.50. The van der Waals surface area contributed by atoms with Gasteiger partial charge in [-0.15, -0.1) is 0 Å². The van der Waals surface area contributed by atoms with Crippen molar-refractivity contribution in [3.8, 4) is 5.69 Å². The molecule has 0 aliphatic carbocycles. The van der Waals surface area contributed by atoms with E-state index < -0.39 is 0 Å². The van der Waals surface area contributed by atoms with Crippen molar-refractivity contribution in [1.82, 2.24) is 9.55 Å². The molecule has 1 N–H and O–H groups in total. The standard InChI is InChI=1S/C15H19N3/c1-15(2,3)14-9-18(10-17-14)12-4-5-13-11(8-12)6-7-16-13/h4-5,8-10,16H,6-7H2,1-3H3. The lowest BCUT2D eigenvalue weighted by molar-refractivity contribution is 0.572. The Balaban J connectivity index is 1.98. The molecule has 94 valence electrons. The summed E-state index contributed by atoms with van der Waals surface area (Å²) in [6.45, 7) is 7.61. The van der Waals surface area contributed by atoms with Gasteiger partial charge in [0.15, 0.2) is 0 Å². The minimum Gasteiger partial charge on any atom is -0.384 e. The lowest BCUT2D eigenvalue weighted by Crippen LogP contribution is -2.11. The van der Waals surface area contributed by atoms with Crippen molar-refractivity contribution in [2.45, 2.75) is 32.6 Å². The molecule has 0 saturated heterocycles. The van der Waals surface area contributed by atoms with E-state index >= 15 is 0 Å². The predicted octanol–water partition coefficient (Wildman–Crippen LogP) is 3.14. The van der Waals surface area contributed by atoms with Crippen LogP contribution < -0.4 is 5.32 Å². The number of fused-ring (bicyclic) bond motifs is 1. The molecule has 18 heavy (non-hydrogen) atoms. The first-order chi connectivity index (χ1) is 8.54. The molecule has 3 nitrogen and oxygen atoms in total. The molecule has 0 spiro atoms. The summed E-state index contributed by atoms with van der Waals surface area (Å²) in [5.74, 6) is 0. The number of hydrogen-bond acceptors (Lipinski definition) is 2. The summed E-state index contributed by atoms with van der Waals surface area (Å²) in [7, 11) is 0. The van der Waals surface area contributed by atoms with E-state index in [1.165, 1.54) is 16.9 Å². The van der Waals surface area contributed by atoms with Crippen molar-refractivity contribution in [2.75, 3.05) is 11.9 Å². The summed E-state index contributed by atoms with van der Waals surface area (Å²) >= 11 is 0. The molecule has 0 saturated carbocycles. The molecule has 0 unspecified atom stereocenters. The van der Waals surface area contributed by atoms with Crippen LogP contribution in [0.4, 0.5) is 5.69 Å². The van der Waals surface area contributed by atoms with Crippen LogP contribution in [0.5, 0.6) is 0 Å². The summed E-state index contributed by atoms with van der Waals surface area (Å²) in [5.41, 5.74) is 5.10. The molecule has 2 aromatic rings. The number of aromatic nitrogens is 2. The molecule has 2 heterocycles. The fourth-order valence-electron chi connectivity index (χ4n) is 2.30. The number of imidazole rings is 1. The van der Waals surface area contributed by atoms with Crippen LogP contribution in [0.15, 0.2) is 30.7 Å². The normalized spacial score (nSPS) is 14.4. The summed E-state index contributed by atoms with van der Waals surface area (Å²) in [5, 5.41) is 3.38. The van der Waals surface area contributed by atoms with Gasteiger partial charge in [0.2, 0.25) is 0 Å². The second-order valence-electron chi connectivity index (χ2n) is 5.93. The van der Waals surface area contributed by atoms with Crippen molar-refractivity contribution in [3.63, 3.8) is 0 Å². The van der Waals surface area contributed by atoms with Gasteiger partial charge >= 0.3 is 0 Å². The van der Waals surface area contributed by atoms with E-state index in [0.717, 1.165) is 18.7 Å². The second kappa shape index (κ2) is 3.87. The highest BCUT2D eigenvalue weighted by atomic mass is 15.0. The number of benzene rings is 1. The number of nitrogens with zero attached hydrogens (tertiary/aromatic N) is 2. The van der Waals surface area contributed by atoms with Crippen LogP contribution in [0.3, 0.4) is 0 Å². The van der Waals surface area contributed by atoms with Crippen molar-refractivity contribution in [2.24, 2.45) is 0 Å². The summed E-state index contributed by atoms with van der Waals surface area (Å²) in [6.07, 6.45) is 5.15. The van der Waals surface area contributed by atoms with E-state index in [1.54, 1.807) is 0 Å². The highest BCUT2D eigenvalue weighted by Crippen LogP contribution is 2.26. The Bertz CT molecular complexity index is 576. The van der Waals surface area contributed by atoms with Crippen LogP contribution in [0, 0.1) is 0 Å². The zero-order valence-corrected chi connectivity index (χ0v) is 11.2. The van der Waals surface area contributed by atoms with Gasteiger partial charge in [0.25, 0.3) is 0 Å². The van der Waals surface area contributed by atoms with Crippen molar-refractivity contribution in [1.29, 1.82) is 0 Å². The third-order valence-electron chi connectivity index (χ3n) is 3.45. The van der Waals surface area contributed by atoms with Gasteiger partial charge in [-0.2, -0.15) is 0 Å². The Labute approximate surface area is 108 Å². The molecule has 1 aliphatic rings. The molecule has 1 aromatic carbocycles. The van der Waals surface area contributed by atoms with E-state index in [1.807, 2.05) is 6.33 Å². The van der Waals surface area contributed by atoms with Gasteiger partial charge in [0, 0.05) is 29.5 Å². The van der Waals surface area contributed by atoms with E-state index in [0.29, 0.717) is 0 Å². The van der Waals surface area contributed by atoms with Crippen molar-refractivity contribution >= 4 is 5.69 Å². The highest BCUT2D eigenvalue weighted by Gasteiger charge is 2.17. The van der Waals surface area contributed by atoms with Crippen LogP contribution in [0.1, 0.15) is 32.0 Å². The lowest BCUT2D eigenvalue weighted by Gasteiger charge is -2.14. The molecule has 0 fully saturated rings. The molecule has 0 bridgehead atoms. The number of rotatable bonds is 1. The topological polar surface area (TPSA) is 29.9 Å². The molecule has 0 amide bonds. The Morgan fingerprint density at radius 3 is 2.83 bits per heavy atom. The Kier molecular flexibility index (Phi) is 2.44. The second-order valence-corrected chi connectivity index (χ2v) is 5.93. The lowest BCUT2D eigenvalue weighted by atomic mass is 9.93. The average molecular weight is 241 g/mol. The fraction of sp³-hybridized carbons (Fsp3) is 0.400.